The highest BCUT2D eigenvalue weighted by molar-refractivity contribution is 9.10. The molecule has 1 fully saturated rings. The zero-order valence-corrected chi connectivity index (χ0v) is 13.2. The Morgan fingerprint density at radius 3 is 2.74 bits per heavy atom. The van der Waals surface area contributed by atoms with E-state index in [1.165, 1.54) is 6.42 Å². The Labute approximate surface area is 127 Å². The molecule has 5 heteroatoms. The van der Waals surface area contributed by atoms with Gasteiger partial charge in [0.1, 0.15) is 0 Å². The SMILES string of the molecule is O=C(c1ccc(Br)cc1S)N(CCCO)C1CCC1. The first-order chi connectivity index (χ1) is 9.13. The number of aliphatic hydroxyl groups is 1. The minimum absolute atomic E-state index is 0.0238. The van der Waals surface area contributed by atoms with E-state index in [0.29, 0.717) is 29.5 Å². The predicted octanol–water partition coefficient (Wildman–Crippen LogP) is 3.11. The normalized spacial score (nSPS) is 15.1. The van der Waals surface area contributed by atoms with Crippen LogP contribution in [-0.4, -0.2) is 35.1 Å². The molecule has 0 heterocycles. The second-order valence-electron chi connectivity index (χ2n) is 4.82. The van der Waals surface area contributed by atoms with E-state index in [0.717, 1.165) is 17.3 Å². The fraction of sp³-hybridized carbons (Fsp3) is 0.500. The Bertz CT molecular complexity index is 463. The van der Waals surface area contributed by atoms with Crippen molar-refractivity contribution < 1.29 is 9.90 Å². The largest absolute Gasteiger partial charge is 0.396 e. The molecule has 0 saturated heterocycles. The fourth-order valence-electron chi connectivity index (χ4n) is 2.23. The first-order valence-electron chi connectivity index (χ1n) is 6.54. The number of amides is 1. The number of hydrogen-bond acceptors (Lipinski definition) is 3. The van der Waals surface area contributed by atoms with Crippen molar-refractivity contribution in [3.8, 4) is 0 Å². The summed E-state index contributed by atoms with van der Waals surface area (Å²) in [7, 11) is 0. The van der Waals surface area contributed by atoms with Gasteiger partial charge >= 0.3 is 0 Å². The first-order valence-corrected chi connectivity index (χ1v) is 7.78. The number of hydrogen-bond donors (Lipinski definition) is 2. The lowest BCUT2D eigenvalue weighted by Gasteiger charge is -2.37. The maximum absolute atomic E-state index is 12.6. The second kappa shape index (κ2) is 6.77. The summed E-state index contributed by atoms with van der Waals surface area (Å²) in [5, 5.41) is 8.97. The van der Waals surface area contributed by atoms with Crippen LogP contribution in [0.2, 0.25) is 0 Å². The molecule has 0 bridgehead atoms. The summed E-state index contributed by atoms with van der Waals surface area (Å²) < 4.78 is 0.916. The second-order valence-corrected chi connectivity index (χ2v) is 6.22. The average molecular weight is 344 g/mol. The van der Waals surface area contributed by atoms with Gasteiger partial charge in [-0.15, -0.1) is 12.6 Å². The van der Waals surface area contributed by atoms with Crippen molar-refractivity contribution in [2.45, 2.75) is 36.6 Å². The molecular formula is C14H18BrNO2S. The topological polar surface area (TPSA) is 40.5 Å². The van der Waals surface area contributed by atoms with Crippen LogP contribution in [0.15, 0.2) is 27.6 Å². The Balaban J connectivity index is 2.17. The number of rotatable bonds is 5. The lowest BCUT2D eigenvalue weighted by molar-refractivity contribution is 0.0559. The van der Waals surface area contributed by atoms with Crippen molar-refractivity contribution in [1.29, 1.82) is 0 Å². The van der Waals surface area contributed by atoms with Crippen LogP contribution in [0.1, 0.15) is 36.0 Å². The van der Waals surface area contributed by atoms with Gasteiger partial charge in [-0.05, 0) is 43.9 Å². The summed E-state index contributed by atoms with van der Waals surface area (Å²) >= 11 is 7.75. The molecule has 0 radical (unpaired) electrons. The standard InChI is InChI=1S/C14H18BrNO2S/c15-10-5-6-12(13(19)9-10)14(18)16(7-2-8-17)11-3-1-4-11/h5-6,9,11,17,19H,1-4,7-8H2. The molecule has 1 saturated carbocycles. The van der Waals surface area contributed by atoms with Crippen LogP contribution in [0.4, 0.5) is 0 Å². The summed E-state index contributed by atoms with van der Waals surface area (Å²) in [6.07, 6.45) is 3.94. The first kappa shape index (κ1) is 14.9. The van der Waals surface area contributed by atoms with Crippen molar-refractivity contribution in [2.75, 3.05) is 13.2 Å². The van der Waals surface area contributed by atoms with Crippen LogP contribution in [0.25, 0.3) is 0 Å². The predicted molar refractivity (Wildman–Crippen MR) is 81.8 cm³/mol. The molecule has 1 aromatic rings. The van der Waals surface area contributed by atoms with E-state index in [-0.39, 0.29) is 12.5 Å². The minimum Gasteiger partial charge on any atom is -0.396 e. The van der Waals surface area contributed by atoms with E-state index in [1.807, 2.05) is 17.0 Å². The zero-order chi connectivity index (χ0) is 13.8. The van der Waals surface area contributed by atoms with Gasteiger partial charge in [-0.3, -0.25) is 4.79 Å². The van der Waals surface area contributed by atoms with E-state index in [9.17, 15) is 4.79 Å². The Kier molecular flexibility index (Phi) is 5.30. The molecule has 3 nitrogen and oxygen atoms in total. The van der Waals surface area contributed by atoms with Crippen LogP contribution >= 0.6 is 28.6 Å². The number of carbonyl (C=O) groups is 1. The molecular weight excluding hydrogens is 326 g/mol. The third-order valence-corrected chi connectivity index (χ3v) is 4.39. The van der Waals surface area contributed by atoms with Gasteiger partial charge < -0.3 is 10.0 Å². The quantitative estimate of drug-likeness (QED) is 0.806. The number of nitrogens with zero attached hydrogens (tertiary/aromatic N) is 1. The Morgan fingerprint density at radius 2 is 2.21 bits per heavy atom. The van der Waals surface area contributed by atoms with Crippen LogP contribution < -0.4 is 0 Å². The summed E-state index contributed by atoms with van der Waals surface area (Å²) in [6, 6.07) is 5.83. The molecule has 104 valence electrons. The summed E-state index contributed by atoms with van der Waals surface area (Å²) in [4.78, 5) is 15.2. The van der Waals surface area contributed by atoms with Crippen molar-refractivity contribution in [3.05, 3.63) is 28.2 Å². The average Bonchev–Trinajstić information content (AvgIpc) is 2.31. The Hall–Kier alpha value is -0.520. The molecule has 1 N–H and O–H groups in total. The molecule has 19 heavy (non-hydrogen) atoms. The van der Waals surface area contributed by atoms with E-state index in [2.05, 4.69) is 28.6 Å². The molecule has 1 aliphatic carbocycles. The van der Waals surface area contributed by atoms with Gasteiger partial charge in [0, 0.05) is 28.6 Å². The van der Waals surface area contributed by atoms with Gasteiger partial charge in [0.25, 0.3) is 5.91 Å². The van der Waals surface area contributed by atoms with E-state index in [1.54, 1.807) is 6.07 Å². The molecule has 0 unspecified atom stereocenters. The van der Waals surface area contributed by atoms with Crippen LogP contribution in [0, 0.1) is 0 Å². The number of benzene rings is 1. The summed E-state index contributed by atoms with van der Waals surface area (Å²) in [5.41, 5.74) is 0.636. The van der Waals surface area contributed by atoms with Crippen LogP contribution in [0.5, 0.6) is 0 Å². The highest BCUT2D eigenvalue weighted by Crippen LogP contribution is 2.28. The molecule has 1 aliphatic rings. The van der Waals surface area contributed by atoms with Gasteiger partial charge in [0.2, 0.25) is 0 Å². The van der Waals surface area contributed by atoms with E-state index < -0.39 is 0 Å². The van der Waals surface area contributed by atoms with Gasteiger partial charge in [-0.1, -0.05) is 15.9 Å². The number of thiol groups is 1. The van der Waals surface area contributed by atoms with Crippen LogP contribution in [0.3, 0.4) is 0 Å². The lowest BCUT2D eigenvalue weighted by atomic mass is 9.90. The van der Waals surface area contributed by atoms with E-state index in [4.69, 9.17) is 5.11 Å². The zero-order valence-electron chi connectivity index (χ0n) is 10.7. The number of aliphatic hydroxyl groups excluding tert-OH is 1. The maximum Gasteiger partial charge on any atom is 0.255 e. The molecule has 1 amide bonds. The molecule has 0 aliphatic heterocycles. The monoisotopic (exact) mass is 343 g/mol. The summed E-state index contributed by atoms with van der Waals surface area (Å²) in [5.74, 6) is 0.0238. The van der Waals surface area contributed by atoms with Crippen molar-refractivity contribution in [1.82, 2.24) is 4.90 Å². The van der Waals surface area contributed by atoms with Gasteiger partial charge in [0.15, 0.2) is 0 Å². The third kappa shape index (κ3) is 3.52. The molecule has 2 rings (SSSR count). The van der Waals surface area contributed by atoms with E-state index >= 15 is 0 Å². The van der Waals surface area contributed by atoms with Crippen LogP contribution in [-0.2, 0) is 0 Å². The molecule has 0 spiro atoms. The molecule has 0 aromatic heterocycles. The fourth-order valence-corrected chi connectivity index (χ4v) is 3.08. The minimum atomic E-state index is 0.0238. The van der Waals surface area contributed by atoms with Gasteiger partial charge in [-0.25, -0.2) is 0 Å². The van der Waals surface area contributed by atoms with Gasteiger partial charge in [0.05, 0.1) is 5.56 Å². The highest BCUT2D eigenvalue weighted by Gasteiger charge is 2.29. The lowest BCUT2D eigenvalue weighted by Crippen LogP contribution is -2.45. The Morgan fingerprint density at radius 1 is 1.47 bits per heavy atom. The molecule has 1 aromatic carbocycles. The van der Waals surface area contributed by atoms with Crippen molar-refractivity contribution in [3.63, 3.8) is 0 Å². The maximum atomic E-state index is 12.6. The number of halogens is 1. The smallest absolute Gasteiger partial charge is 0.255 e. The summed E-state index contributed by atoms with van der Waals surface area (Å²) in [6.45, 7) is 0.730. The number of carbonyl (C=O) groups excluding carboxylic acids is 1. The molecule has 0 atom stereocenters. The third-order valence-electron chi connectivity index (χ3n) is 3.52. The van der Waals surface area contributed by atoms with Crippen molar-refractivity contribution in [2.24, 2.45) is 0 Å². The highest BCUT2D eigenvalue weighted by atomic mass is 79.9. The van der Waals surface area contributed by atoms with Crippen molar-refractivity contribution >= 4 is 34.5 Å². The van der Waals surface area contributed by atoms with Gasteiger partial charge in [-0.2, -0.15) is 0 Å².